The second-order valence-corrected chi connectivity index (χ2v) is 5.92. The van der Waals surface area contributed by atoms with Gasteiger partial charge < -0.3 is 10.0 Å². The topological polar surface area (TPSA) is 40.5 Å². The van der Waals surface area contributed by atoms with E-state index in [-0.39, 0.29) is 12.5 Å². The fourth-order valence-corrected chi connectivity index (χ4v) is 3.13. The molecule has 21 heavy (non-hydrogen) atoms. The lowest BCUT2D eigenvalue weighted by atomic mass is 10.0. The summed E-state index contributed by atoms with van der Waals surface area (Å²) in [6.45, 7) is 3.27. The van der Waals surface area contributed by atoms with Gasteiger partial charge in [0.1, 0.15) is 0 Å². The van der Waals surface area contributed by atoms with Gasteiger partial charge in [0.15, 0.2) is 0 Å². The average molecular weight is 289 g/mol. The zero-order valence-corrected chi connectivity index (χ0v) is 13.1. The molecular weight excluding hydrogens is 262 g/mol. The van der Waals surface area contributed by atoms with E-state index in [4.69, 9.17) is 5.11 Å². The molecule has 3 nitrogen and oxygen atoms in total. The van der Waals surface area contributed by atoms with Crippen molar-refractivity contribution in [2.45, 2.75) is 57.9 Å². The highest BCUT2D eigenvalue weighted by molar-refractivity contribution is 5.77. The number of carbonyl (C=O) groups is 1. The first kappa shape index (κ1) is 16.0. The Balaban J connectivity index is 1.82. The summed E-state index contributed by atoms with van der Waals surface area (Å²) in [7, 11) is 0. The number of amides is 1. The Morgan fingerprint density at radius 3 is 2.67 bits per heavy atom. The van der Waals surface area contributed by atoms with E-state index in [0.29, 0.717) is 12.5 Å². The Hall–Kier alpha value is -1.35. The Kier molecular flexibility index (Phi) is 6.24. The first-order chi connectivity index (χ1) is 10.2. The van der Waals surface area contributed by atoms with E-state index in [1.807, 2.05) is 4.90 Å². The summed E-state index contributed by atoms with van der Waals surface area (Å²) in [5.74, 6) is 0.273. The Labute approximate surface area is 128 Å². The van der Waals surface area contributed by atoms with Gasteiger partial charge in [0.25, 0.3) is 0 Å². The molecule has 1 fully saturated rings. The molecule has 0 bridgehead atoms. The van der Waals surface area contributed by atoms with Crippen molar-refractivity contribution in [3.05, 3.63) is 35.4 Å². The third-order valence-electron chi connectivity index (χ3n) is 4.45. The normalized spacial score (nSPS) is 18.2. The summed E-state index contributed by atoms with van der Waals surface area (Å²) >= 11 is 0. The number of carbonyl (C=O) groups excluding carboxylic acids is 1. The van der Waals surface area contributed by atoms with Crippen LogP contribution in [0.1, 0.15) is 50.2 Å². The molecule has 1 unspecified atom stereocenters. The van der Waals surface area contributed by atoms with E-state index < -0.39 is 0 Å². The van der Waals surface area contributed by atoms with Gasteiger partial charge in [-0.25, -0.2) is 0 Å². The van der Waals surface area contributed by atoms with E-state index in [9.17, 15) is 4.79 Å². The molecule has 0 radical (unpaired) electrons. The van der Waals surface area contributed by atoms with E-state index in [1.165, 1.54) is 11.1 Å². The number of hydrogen-bond acceptors (Lipinski definition) is 2. The van der Waals surface area contributed by atoms with Crippen molar-refractivity contribution >= 4 is 5.91 Å². The highest BCUT2D eigenvalue weighted by Gasteiger charge is 2.27. The SMILES string of the molecule is CCc1ccc(CCC(=O)N2CCCC2CCCO)cc1. The number of nitrogens with zero attached hydrogens (tertiary/aromatic N) is 1. The number of likely N-dealkylation sites (tertiary alicyclic amines) is 1. The molecular formula is C18H27NO2. The van der Waals surface area contributed by atoms with Crippen molar-refractivity contribution < 1.29 is 9.90 Å². The predicted octanol–water partition coefficient (Wildman–Crippen LogP) is 2.95. The van der Waals surface area contributed by atoms with Crippen molar-refractivity contribution in [3.8, 4) is 0 Å². The molecule has 1 N–H and O–H groups in total. The lowest BCUT2D eigenvalue weighted by Crippen LogP contribution is -2.35. The number of hydrogen-bond donors (Lipinski definition) is 1. The molecule has 1 aliphatic rings. The minimum Gasteiger partial charge on any atom is -0.396 e. The largest absolute Gasteiger partial charge is 0.396 e. The first-order valence-corrected chi connectivity index (χ1v) is 8.22. The molecule has 1 atom stereocenters. The maximum Gasteiger partial charge on any atom is 0.223 e. The molecule has 0 aliphatic carbocycles. The fraction of sp³-hybridized carbons (Fsp3) is 0.611. The van der Waals surface area contributed by atoms with Crippen LogP contribution in [0.5, 0.6) is 0 Å². The van der Waals surface area contributed by atoms with Gasteiger partial charge in [-0.3, -0.25) is 4.79 Å². The monoisotopic (exact) mass is 289 g/mol. The molecule has 1 saturated heterocycles. The van der Waals surface area contributed by atoms with Gasteiger partial charge >= 0.3 is 0 Å². The van der Waals surface area contributed by atoms with Gasteiger partial charge in [-0.05, 0) is 49.7 Å². The minimum absolute atomic E-state index is 0.225. The first-order valence-electron chi connectivity index (χ1n) is 8.22. The highest BCUT2D eigenvalue weighted by Crippen LogP contribution is 2.22. The summed E-state index contributed by atoms with van der Waals surface area (Å²) < 4.78 is 0. The molecule has 2 rings (SSSR count). The van der Waals surface area contributed by atoms with Gasteiger partial charge in [-0.15, -0.1) is 0 Å². The molecule has 116 valence electrons. The van der Waals surface area contributed by atoms with Crippen molar-refractivity contribution in [1.82, 2.24) is 4.90 Å². The summed E-state index contributed by atoms with van der Waals surface area (Å²) in [5, 5.41) is 8.94. The lowest BCUT2D eigenvalue weighted by Gasteiger charge is -2.24. The number of benzene rings is 1. The van der Waals surface area contributed by atoms with Crippen LogP contribution in [0.25, 0.3) is 0 Å². The van der Waals surface area contributed by atoms with Crippen LogP contribution in [0.4, 0.5) is 0 Å². The maximum atomic E-state index is 12.4. The minimum atomic E-state index is 0.225. The zero-order valence-electron chi connectivity index (χ0n) is 13.1. The van der Waals surface area contributed by atoms with E-state index >= 15 is 0 Å². The van der Waals surface area contributed by atoms with Crippen LogP contribution in [-0.4, -0.2) is 35.1 Å². The van der Waals surface area contributed by atoms with Crippen LogP contribution in [-0.2, 0) is 17.6 Å². The van der Waals surface area contributed by atoms with Crippen LogP contribution in [0.2, 0.25) is 0 Å². The zero-order chi connectivity index (χ0) is 15.1. The number of aryl methyl sites for hydroxylation is 2. The molecule has 0 aromatic heterocycles. The van der Waals surface area contributed by atoms with Crippen LogP contribution in [0.3, 0.4) is 0 Å². The van der Waals surface area contributed by atoms with Gasteiger partial charge in [-0.2, -0.15) is 0 Å². The third kappa shape index (κ3) is 4.57. The molecule has 0 saturated carbocycles. The van der Waals surface area contributed by atoms with E-state index in [1.54, 1.807) is 0 Å². The van der Waals surface area contributed by atoms with Crippen LogP contribution in [0.15, 0.2) is 24.3 Å². The molecule has 1 aromatic rings. The van der Waals surface area contributed by atoms with Crippen molar-refractivity contribution in [2.75, 3.05) is 13.2 Å². The van der Waals surface area contributed by atoms with Crippen molar-refractivity contribution in [3.63, 3.8) is 0 Å². The number of aliphatic hydroxyl groups is 1. The quantitative estimate of drug-likeness (QED) is 0.838. The summed E-state index contributed by atoms with van der Waals surface area (Å²) in [4.78, 5) is 14.4. The third-order valence-corrected chi connectivity index (χ3v) is 4.45. The number of aliphatic hydroxyl groups excluding tert-OH is 1. The predicted molar refractivity (Wildman–Crippen MR) is 85.2 cm³/mol. The van der Waals surface area contributed by atoms with E-state index in [2.05, 4.69) is 31.2 Å². The highest BCUT2D eigenvalue weighted by atomic mass is 16.3. The van der Waals surface area contributed by atoms with Gasteiger partial charge in [0.2, 0.25) is 5.91 Å². The Morgan fingerprint density at radius 1 is 1.29 bits per heavy atom. The smallest absolute Gasteiger partial charge is 0.223 e. The summed E-state index contributed by atoms with van der Waals surface area (Å²) in [6.07, 6.45) is 6.41. The fourth-order valence-electron chi connectivity index (χ4n) is 3.13. The van der Waals surface area contributed by atoms with Crippen molar-refractivity contribution in [1.29, 1.82) is 0 Å². The summed E-state index contributed by atoms with van der Waals surface area (Å²) in [5.41, 5.74) is 2.58. The van der Waals surface area contributed by atoms with Crippen LogP contribution >= 0.6 is 0 Å². The molecule has 1 heterocycles. The van der Waals surface area contributed by atoms with Gasteiger partial charge in [0.05, 0.1) is 0 Å². The van der Waals surface area contributed by atoms with Crippen molar-refractivity contribution in [2.24, 2.45) is 0 Å². The Bertz CT molecular complexity index is 441. The maximum absolute atomic E-state index is 12.4. The van der Waals surface area contributed by atoms with Crippen LogP contribution < -0.4 is 0 Å². The van der Waals surface area contributed by atoms with Crippen LogP contribution in [0, 0.1) is 0 Å². The van der Waals surface area contributed by atoms with Gasteiger partial charge in [0, 0.05) is 25.6 Å². The summed E-state index contributed by atoms with van der Waals surface area (Å²) in [6, 6.07) is 8.94. The standard InChI is InChI=1S/C18H27NO2/c1-2-15-7-9-16(10-8-15)11-12-18(21)19-13-3-5-17(19)6-4-14-20/h7-10,17,20H,2-6,11-14H2,1H3. The van der Waals surface area contributed by atoms with E-state index in [0.717, 1.165) is 45.1 Å². The molecule has 1 amide bonds. The Morgan fingerprint density at radius 2 is 2.00 bits per heavy atom. The number of rotatable bonds is 7. The second-order valence-electron chi connectivity index (χ2n) is 5.92. The molecule has 0 spiro atoms. The molecule has 1 aliphatic heterocycles. The average Bonchev–Trinajstić information content (AvgIpc) is 2.99. The lowest BCUT2D eigenvalue weighted by molar-refractivity contribution is -0.132. The second kappa shape index (κ2) is 8.18. The van der Waals surface area contributed by atoms with Gasteiger partial charge in [-0.1, -0.05) is 31.2 Å². The molecule has 3 heteroatoms. The molecule has 1 aromatic carbocycles.